The van der Waals surface area contributed by atoms with Gasteiger partial charge in [-0.3, -0.25) is 4.79 Å². The van der Waals surface area contributed by atoms with Gasteiger partial charge in [0.2, 0.25) is 5.91 Å². The number of fused-ring (bicyclic) bond motifs is 1. The summed E-state index contributed by atoms with van der Waals surface area (Å²) in [6.07, 6.45) is 7.56. The number of halogens is 4. The molecule has 0 spiro atoms. The van der Waals surface area contributed by atoms with E-state index in [1.807, 2.05) is 60.8 Å². The van der Waals surface area contributed by atoms with Gasteiger partial charge in [-0.25, -0.2) is 4.79 Å². The van der Waals surface area contributed by atoms with Crippen molar-refractivity contribution >= 4 is 69.3 Å². The molecule has 232 valence electrons. The molecule has 4 aliphatic rings. The average molecular weight is 669 g/mol. The first-order valence-corrected chi connectivity index (χ1v) is 16.3. The van der Waals surface area contributed by atoms with E-state index in [-0.39, 0.29) is 18.6 Å². The monoisotopic (exact) mass is 667 g/mol. The number of ether oxygens (including phenoxy) is 1. The summed E-state index contributed by atoms with van der Waals surface area (Å²) >= 11 is 19.3. The quantitative estimate of drug-likeness (QED) is 0.144. The van der Waals surface area contributed by atoms with Gasteiger partial charge in [0.25, 0.3) is 3.25 Å². The van der Waals surface area contributed by atoms with Crippen LogP contribution < -0.4 is 10.6 Å². The van der Waals surface area contributed by atoms with E-state index in [9.17, 15) is 14.7 Å². The van der Waals surface area contributed by atoms with Crippen LogP contribution in [0, 0.1) is 29.6 Å². The number of para-hydroxylation sites is 1. The smallest absolute Gasteiger partial charge is 0.409 e. The van der Waals surface area contributed by atoms with Crippen molar-refractivity contribution in [3.05, 3.63) is 71.9 Å². The third kappa shape index (κ3) is 8.95. The number of alkyl halides is 4. The minimum atomic E-state index is -1.61. The third-order valence-corrected chi connectivity index (χ3v) is 9.01. The Kier molecular flexibility index (Phi) is 10.7. The van der Waals surface area contributed by atoms with Gasteiger partial charge in [0, 0.05) is 23.5 Å². The van der Waals surface area contributed by atoms with Crippen molar-refractivity contribution in [1.29, 1.82) is 0 Å². The topological polar surface area (TPSA) is 103 Å². The van der Waals surface area contributed by atoms with Gasteiger partial charge in [0.15, 0.2) is 0 Å². The normalized spacial score (nSPS) is 25.4. The van der Waals surface area contributed by atoms with E-state index in [0.29, 0.717) is 24.7 Å². The molecule has 4 saturated carbocycles. The van der Waals surface area contributed by atoms with Gasteiger partial charge in [0.05, 0.1) is 12.5 Å². The number of rotatable bonds is 9. The molecule has 7 rings (SSSR count). The molecule has 4 fully saturated rings. The van der Waals surface area contributed by atoms with Crippen LogP contribution in [0.15, 0.2) is 60.8 Å². The van der Waals surface area contributed by atoms with Crippen molar-refractivity contribution in [2.75, 3.05) is 6.61 Å². The third-order valence-electron chi connectivity index (χ3n) is 9.01. The largest absolute Gasteiger partial charge is 0.446 e. The summed E-state index contributed by atoms with van der Waals surface area (Å²) < 4.78 is 4.46. The first-order valence-electron chi connectivity index (χ1n) is 14.8. The number of aliphatic hydroxyl groups excluding tert-OH is 1. The zero-order chi connectivity index (χ0) is 30.6. The number of aromatic nitrogens is 1. The molecule has 4 bridgehead atoms. The molecule has 2 unspecified atom stereocenters. The van der Waals surface area contributed by atoms with Crippen LogP contribution in [-0.2, 0) is 22.4 Å². The van der Waals surface area contributed by atoms with Gasteiger partial charge in [-0.2, -0.15) is 0 Å². The summed E-state index contributed by atoms with van der Waals surface area (Å²) in [5.74, 6) is 1.61. The van der Waals surface area contributed by atoms with Crippen molar-refractivity contribution in [2.45, 2.75) is 60.5 Å². The summed E-state index contributed by atoms with van der Waals surface area (Å²) in [4.78, 5) is 29.8. The number of nitrogens with one attached hydrogen (secondary N) is 3. The van der Waals surface area contributed by atoms with Gasteiger partial charge >= 0.3 is 6.09 Å². The molecule has 11 heteroatoms. The van der Waals surface area contributed by atoms with E-state index in [4.69, 9.17) is 51.1 Å². The number of alkyl carbamates (subject to hydrolysis) is 1. The number of aromatic amines is 1. The first kappa shape index (κ1) is 32.2. The fraction of sp³-hybridized carbons (Fsp3) is 0.500. The molecule has 1 aromatic heterocycles. The Morgan fingerprint density at radius 1 is 0.884 bits per heavy atom. The lowest BCUT2D eigenvalue weighted by molar-refractivity contribution is -0.127. The molecule has 2 aromatic carbocycles. The molecule has 1 heterocycles. The maximum Gasteiger partial charge on any atom is 0.409 e. The lowest BCUT2D eigenvalue weighted by atomic mass is 9.55. The molecular weight excluding hydrogens is 632 g/mol. The van der Waals surface area contributed by atoms with Crippen LogP contribution in [0.25, 0.3) is 10.9 Å². The van der Waals surface area contributed by atoms with Gasteiger partial charge < -0.3 is 25.5 Å². The predicted molar refractivity (Wildman–Crippen MR) is 171 cm³/mol. The van der Waals surface area contributed by atoms with Crippen LogP contribution in [0.1, 0.15) is 43.2 Å². The fourth-order valence-electron chi connectivity index (χ4n) is 7.45. The van der Waals surface area contributed by atoms with E-state index in [2.05, 4.69) is 15.6 Å². The standard InChI is InChI=1S/C31H37N3O4.CCl4/c35-18-25(11-19-6-2-1-3-7-19)30(36)33-28(16-24-17-32-27-9-5-4-8-26(24)27)34-31(37)38-29-22-12-20-10-21(14-22)15-23(29)13-20;2-1(3,4)5/h1-9,17,20-23,25,28-29,32,35H,10-16,18H2,(H,33,36)(H,34,37);. The molecule has 2 amide bonds. The van der Waals surface area contributed by atoms with Crippen LogP contribution in [0.4, 0.5) is 4.79 Å². The molecule has 3 aromatic rings. The Labute approximate surface area is 271 Å². The molecule has 0 aliphatic heterocycles. The lowest BCUT2D eigenvalue weighted by Gasteiger charge is -2.53. The minimum absolute atomic E-state index is 0.0319. The van der Waals surface area contributed by atoms with Gasteiger partial charge in [-0.05, 0) is 79.4 Å². The Morgan fingerprint density at radius 3 is 2.12 bits per heavy atom. The summed E-state index contributed by atoms with van der Waals surface area (Å²) in [6.45, 7) is -0.279. The Morgan fingerprint density at radius 2 is 1.49 bits per heavy atom. The molecule has 7 nitrogen and oxygen atoms in total. The molecule has 2 atom stereocenters. The van der Waals surface area contributed by atoms with Crippen LogP contribution >= 0.6 is 46.4 Å². The number of carbonyl (C=O) groups excluding carboxylic acids is 2. The van der Waals surface area contributed by atoms with Crippen LogP contribution in [0.5, 0.6) is 0 Å². The second kappa shape index (κ2) is 14.3. The van der Waals surface area contributed by atoms with Crippen molar-refractivity contribution in [2.24, 2.45) is 29.6 Å². The van der Waals surface area contributed by atoms with Crippen molar-refractivity contribution in [3.63, 3.8) is 0 Å². The Bertz CT molecular complexity index is 1350. The van der Waals surface area contributed by atoms with Crippen molar-refractivity contribution in [1.82, 2.24) is 15.6 Å². The molecule has 43 heavy (non-hydrogen) atoms. The fourth-order valence-corrected chi connectivity index (χ4v) is 7.45. The maximum atomic E-state index is 13.3. The summed E-state index contributed by atoms with van der Waals surface area (Å²) in [6, 6.07) is 17.6. The zero-order valence-electron chi connectivity index (χ0n) is 23.7. The predicted octanol–water partition coefficient (Wildman–Crippen LogP) is 7.11. The van der Waals surface area contributed by atoms with Gasteiger partial charge in [0.1, 0.15) is 12.3 Å². The number of H-pyrrole nitrogens is 1. The number of amides is 2. The molecule has 0 radical (unpaired) electrons. The number of aliphatic hydroxyl groups is 1. The molecular formula is C32H37Cl4N3O4. The van der Waals surface area contributed by atoms with Crippen LogP contribution in [0.3, 0.4) is 0 Å². The van der Waals surface area contributed by atoms with E-state index in [0.717, 1.165) is 59.5 Å². The minimum Gasteiger partial charge on any atom is -0.446 e. The Balaban J connectivity index is 0.000000682. The highest BCUT2D eigenvalue weighted by atomic mass is 35.6. The van der Waals surface area contributed by atoms with E-state index < -0.39 is 21.4 Å². The SMILES string of the molecule is ClC(Cl)(Cl)Cl.O=C(NC(Cc1c[nH]c2ccccc12)NC(=O)C(CO)Cc1ccccc1)OC1C2CC3CC(C2)CC1C3. The molecule has 4 N–H and O–H groups in total. The van der Waals surface area contributed by atoms with Crippen LogP contribution in [0.2, 0.25) is 0 Å². The van der Waals surface area contributed by atoms with E-state index in [1.54, 1.807) is 0 Å². The van der Waals surface area contributed by atoms with Crippen molar-refractivity contribution in [3.8, 4) is 0 Å². The summed E-state index contributed by atoms with van der Waals surface area (Å²) in [7, 11) is 0. The molecule has 0 saturated heterocycles. The highest BCUT2D eigenvalue weighted by Crippen LogP contribution is 2.54. The zero-order valence-corrected chi connectivity index (χ0v) is 26.7. The van der Waals surface area contributed by atoms with E-state index in [1.165, 1.54) is 6.42 Å². The van der Waals surface area contributed by atoms with Gasteiger partial charge in [-0.15, -0.1) is 0 Å². The number of carbonyl (C=O) groups is 2. The molecule has 4 aliphatic carbocycles. The van der Waals surface area contributed by atoms with E-state index >= 15 is 0 Å². The number of hydrogen-bond donors (Lipinski definition) is 4. The number of hydrogen-bond acceptors (Lipinski definition) is 4. The highest BCUT2D eigenvalue weighted by molar-refractivity contribution is 6.83. The Hall–Kier alpha value is -2.16. The second-order valence-electron chi connectivity index (χ2n) is 12.1. The van der Waals surface area contributed by atoms with Gasteiger partial charge in [-0.1, -0.05) is 94.9 Å². The maximum absolute atomic E-state index is 13.3. The summed E-state index contributed by atoms with van der Waals surface area (Å²) in [5, 5.41) is 17.0. The van der Waals surface area contributed by atoms with Crippen LogP contribution in [-0.4, -0.2) is 44.2 Å². The first-order chi connectivity index (χ1) is 20.6. The lowest BCUT2D eigenvalue weighted by Crippen LogP contribution is -2.54. The second-order valence-corrected chi connectivity index (χ2v) is 15.5. The average Bonchev–Trinajstić information content (AvgIpc) is 3.35. The van der Waals surface area contributed by atoms with Crippen molar-refractivity contribution < 1.29 is 19.4 Å². The highest BCUT2D eigenvalue weighted by Gasteiger charge is 2.50. The number of benzene rings is 2. The summed E-state index contributed by atoms with van der Waals surface area (Å²) in [5.41, 5.74) is 2.97.